The van der Waals surface area contributed by atoms with E-state index in [1.54, 1.807) is 24.3 Å². The van der Waals surface area contributed by atoms with Gasteiger partial charge in [0.1, 0.15) is 5.75 Å². The van der Waals surface area contributed by atoms with Crippen LogP contribution >= 0.6 is 0 Å². The highest BCUT2D eigenvalue weighted by molar-refractivity contribution is 6.22. The Morgan fingerprint density at radius 2 is 1.03 bits per heavy atom. The van der Waals surface area contributed by atoms with Crippen LogP contribution in [0.1, 0.15) is 0 Å². The lowest BCUT2D eigenvalue weighted by Gasteiger charge is -2.10. The maximum absolute atomic E-state index is 12.0. The first-order valence-corrected chi connectivity index (χ1v) is 8.16. The Morgan fingerprint density at radius 3 is 1.38 bits per heavy atom. The van der Waals surface area contributed by atoms with E-state index in [4.69, 9.17) is 13.9 Å². The summed E-state index contributed by atoms with van der Waals surface area (Å²) in [7, 11) is 0. The molecule has 0 unspecified atom stereocenters. The van der Waals surface area contributed by atoms with Gasteiger partial charge in [0.15, 0.2) is 22.7 Å². The maximum atomic E-state index is 12.0. The summed E-state index contributed by atoms with van der Waals surface area (Å²) in [5, 5.41) is 47.3. The van der Waals surface area contributed by atoms with Crippen molar-refractivity contribution in [2.45, 2.75) is 0 Å². The van der Waals surface area contributed by atoms with Gasteiger partial charge in [-0.15, -0.1) is 0 Å². The first kappa shape index (κ1) is 18.0. The summed E-state index contributed by atoms with van der Waals surface area (Å²) in [4.78, 5) is 24.0. The van der Waals surface area contributed by atoms with Gasteiger partial charge in [0.2, 0.25) is 11.5 Å². The minimum Gasteiger partial charge on any atom is -0.508 e. The molecule has 3 aromatic carbocycles. The van der Waals surface area contributed by atoms with Gasteiger partial charge in [-0.3, -0.25) is 0 Å². The molecule has 5 aromatic rings. The maximum Gasteiger partial charge on any atom is 0.344 e. The van der Waals surface area contributed by atoms with Crippen LogP contribution in [-0.4, -0.2) is 25.5 Å². The van der Waals surface area contributed by atoms with E-state index in [1.165, 1.54) is 0 Å². The second kappa shape index (κ2) is 6.34. The summed E-state index contributed by atoms with van der Waals surface area (Å²) in [6.07, 6.45) is 0. The van der Waals surface area contributed by atoms with Crippen molar-refractivity contribution in [2.24, 2.45) is 0 Å². The molecule has 9 nitrogen and oxygen atoms in total. The van der Waals surface area contributed by atoms with Crippen LogP contribution in [0, 0.1) is 0 Å². The highest BCUT2D eigenvalue weighted by atomic mass is 16.4. The topological polar surface area (TPSA) is 162 Å². The molecule has 0 fully saturated rings. The van der Waals surface area contributed by atoms with Crippen molar-refractivity contribution in [3.63, 3.8) is 0 Å². The molecule has 0 aliphatic rings. The zero-order valence-electron chi connectivity index (χ0n) is 14.4. The summed E-state index contributed by atoms with van der Waals surface area (Å²) in [5.74, 6) is -2.43. The number of rotatable bonds is 0. The lowest BCUT2D eigenvalue weighted by Crippen LogP contribution is -2.06. The smallest absolute Gasteiger partial charge is 0.344 e. The first-order valence-electron chi connectivity index (χ1n) is 8.16. The fraction of sp³-hybridized carbons (Fsp3) is 0. The largest absolute Gasteiger partial charge is 0.508 e. The van der Waals surface area contributed by atoms with Gasteiger partial charge in [-0.2, -0.15) is 0 Å². The lowest BCUT2D eigenvalue weighted by molar-refractivity contribution is 0.395. The SMILES string of the molecule is O=c1oc2c(O)c(O)cc3c(=O)oc4c(O)c(O)cc1c4c23.Oc1ccccc1. The third-order valence-corrected chi connectivity index (χ3v) is 4.31. The van der Waals surface area contributed by atoms with E-state index < -0.39 is 45.4 Å². The molecule has 0 amide bonds. The van der Waals surface area contributed by atoms with Crippen molar-refractivity contribution in [2.75, 3.05) is 0 Å². The highest BCUT2D eigenvalue weighted by Gasteiger charge is 2.24. The van der Waals surface area contributed by atoms with Crippen LogP contribution in [0.25, 0.3) is 32.7 Å². The van der Waals surface area contributed by atoms with Crippen LogP contribution in [-0.2, 0) is 0 Å². The molecule has 5 N–H and O–H groups in total. The fourth-order valence-corrected chi connectivity index (χ4v) is 3.01. The predicted octanol–water partition coefficient (Wildman–Crippen LogP) is 2.71. The van der Waals surface area contributed by atoms with Crippen molar-refractivity contribution >= 4 is 32.7 Å². The van der Waals surface area contributed by atoms with E-state index >= 15 is 0 Å². The lowest BCUT2D eigenvalue weighted by atomic mass is 10.0. The van der Waals surface area contributed by atoms with Crippen LogP contribution in [0.2, 0.25) is 0 Å². The molecule has 0 atom stereocenters. The predicted molar refractivity (Wildman–Crippen MR) is 102 cm³/mol. The Hall–Kier alpha value is -4.40. The normalized spacial score (nSPS) is 11.0. The minimum absolute atomic E-state index is 0.00597. The Balaban J connectivity index is 0.000000249. The molecule has 9 heteroatoms. The van der Waals surface area contributed by atoms with Gasteiger partial charge in [-0.1, -0.05) is 18.2 Å². The summed E-state index contributed by atoms with van der Waals surface area (Å²) in [6, 6.07) is 10.6. The van der Waals surface area contributed by atoms with Crippen LogP contribution in [0.5, 0.6) is 28.7 Å². The summed E-state index contributed by atoms with van der Waals surface area (Å²) in [5.41, 5.74) is -2.70. The molecule has 146 valence electrons. The highest BCUT2D eigenvalue weighted by Crippen LogP contribution is 2.44. The molecular formula is C20H12O9. The summed E-state index contributed by atoms with van der Waals surface area (Å²) >= 11 is 0. The van der Waals surface area contributed by atoms with Crippen molar-refractivity contribution in [1.29, 1.82) is 0 Å². The molecule has 0 saturated carbocycles. The van der Waals surface area contributed by atoms with Gasteiger partial charge in [0.25, 0.3) is 0 Å². The summed E-state index contributed by atoms with van der Waals surface area (Å²) in [6.45, 7) is 0. The van der Waals surface area contributed by atoms with Crippen LogP contribution < -0.4 is 11.3 Å². The summed E-state index contributed by atoms with van der Waals surface area (Å²) < 4.78 is 9.87. The number of para-hydroxylation sites is 1. The Kier molecular flexibility index (Phi) is 3.93. The number of aromatic hydroxyl groups is 5. The van der Waals surface area contributed by atoms with E-state index in [2.05, 4.69) is 0 Å². The Morgan fingerprint density at radius 1 is 0.621 bits per heavy atom. The molecular weight excluding hydrogens is 384 g/mol. The van der Waals surface area contributed by atoms with E-state index in [-0.39, 0.29) is 21.5 Å². The van der Waals surface area contributed by atoms with Gasteiger partial charge in [0.05, 0.1) is 10.8 Å². The number of hydrogen-bond acceptors (Lipinski definition) is 9. The van der Waals surface area contributed by atoms with E-state index in [9.17, 15) is 30.0 Å². The number of phenols is 5. The molecule has 0 spiro atoms. The third kappa shape index (κ3) is 2.72. The van der Waals surface area contributed by atoms with Crippen LogP contribution in [0.4, 0.5) is 0 Å². The van der Waals surface area contributed by atoms with E-state index in [0.717, 1.165) is 12.1 Å². The van der Waals surface area contributed by atoms with Crippen LogP contribution in [0.15, 0.2) is 60.9 Å². The first-order chi connectivity index (χ1) is 13.8. The molecule has 0 aliphatic heterocycles. The second-order valence-corrected chi connectivity index (χ2v) is 6.11. The molecule has 2 aromatic heterocycles. The van der Waals surface area contributed by atoms with Crippen molar-refractivity contribution in [1.82, 2.24) is 0 Å². The molecule has 2 heterocycles. The van der Waals surface area contributed by atoms with Gasteiger partial charge < -0.3 is 34.4 Å². The zero-order valence-corrected chi connectivity index (χ0v) is 14.4. The van der Waals surface area contributed by atoms with Gasteiger partial charge >= 0.3 is 11.3 Å². The van der Waals surface area contributed by atoms with Gasteiger partial charge in [-0.05, 0) is 24.3 Å². The standard InChI is InChI=1S/C14H6O8.C6H6O/c15-5-1-3-7-8-4(14(20)22-11(7)9(5)17)2-6(16)10(18)12(8)21-13(3)19;7-6-4-2-1-3-5-6/h1-2,15-18H;1-5,7H. The molecule has 0 aliphatic carbocycles. The van der Waals surface area contributed by atoms with Gasteiger partial charge in [-0.25, -0.2) is 9.59 Å². The second-order valence-electron chi connectivity index (χ2n) is 6.11. The molecule has 0 radical (unpaired) electrons. The Labute approximate surface area is 159 Å². The van der Waals surface area contributed by atoms with Crippen LogP contribution in [0.3, 0.4) is 0 Å². The monoisotopic (exact) mass is 396 g/mol. The number of benzene rings is 3. The van der Waals surface area contributed by atoms with Crippen molar-refractivity contribution < 1.29 is 34.4 Å². The molecule has 0 saturated heterocycles. The van der Waals surface area contributed by atoms with Crippen molar-refractivity contribution in [3.05, 3.63) is 63.3 Å². The fourth-order valence-electron chi connectivity index (χ4n) is 3.01. The molecule has 0 bridgehead atoms. The van der Waals surface area contributed by atoms with Crippen molar-refractivity contribution in [3.8, 4) is 28.7 Å². The Bertz CT molecular complexity index is 1380. The number of hydrogen-bond donors (Lipinski definition) is 5. The third-order valence-electron chi connectivity index (χ3n) is 4.31. The molecule has 5 rings (SSSR count). The average Bonchev–Trinajstić information content (AvgIpc) is 2.69. The van der Waals surface area contributed by atoms with E-state index in [0.29, 0.717) is 5.75 Å². The van der Waals surface area contributed by atoms with Gasteiger partial charge in [0, 0.05) is 10.8 Å². The number of phenolic OH excluding ortho intramolecular Hbond substituents is 5. The average molecular weight is 396 g/mol. The quantitative estimate of drug-likeness (QED) is 0.150. The molecule has 29 heavy (non-hydrogen) atoms. The van der Waals surface area contributed by atoms with E-state index in [1.807, 2.05) is 6.07 Å². The minimum atomic E-state index is -0.941. The zero-order chi connectivity index (χ0) is 20.9.